The second-order valence-corrected chi connectivity index (χ2v) is 9.46. The largest absolute Gasteiger partial charge is 0.480 e. The van der Waals surface area contributed by atoms with Crippen LogP contribution < -0.4 is 10.6 Å². The van der Waals surface area contributed by atoms with Gasteiger partial charge in [0.1, 0.15) is 0 Å². The number of halogens is 1. The standard InChI is InChI=1S/C23H31IN4O11/c1-13(25-21(22(36)37)23(38)39)8-27(10-18(30)31)9-16(28(11-19(32)33)12-20(34)35)6-14-2-4-15(5-3-14)26-17(29)7-24/h2-5,13,16,21,25H,6-12H2,1H3,(H,26,29)(H,30,31)(H,32,33)(H,34,35)(H,36,37)(H,38,39)/t13-,16-/m0/s1. The van der Waals surface area contributed by atoms with Crippen LogP contribution in [0.4, 0.5) is 5.69 Å². The number of hydrogen-bond acceptors (Lipinski definition) is 9. The van der Waals surface area contributed by atoms with E-state index < -0.39 is 67.6 Å². The van der Waals surface area contributed by atoms with Gasteiger partial charge in [0.05, 0.1) is 24.1 Å². The number of amides is 1. The summed E-state index contributed by atoms with van der Waals surface area (Å²) in [6.45, 7) is -0.711. The van der Waals surface area contributed by atoms with Gasteiger partial charge in [-0.25, -0.2) is 9.59 Å². The Labute approximate surface area is 236 Å². The number of aliphatic carboxylic acids is 5. The highest BCUT2D eigenvalue weighted by Gasteiger charge is 2.30. The number of hydrogen-bond donors (Lipinski definition) is 7. The molecule has 16 heteroatoms. The molecular formula is C23H31IN4O11. The summed E-state index contributed by atoms with van der Waals surface area (Å²) in [5, 5.41) is 51.5. The van der Waals surface area contributed by atoms with Gasteiger partial charge in [0.25, 0.3) is 0 Å². The van der Waals surface area contributed by atoms with E-state index in [9.17, 15) is 44.1 Å². The quantitative estimate of drug-likeness (QED) is 0.0552. The number of carbonyl (C=O) groups excluding carboxylic acids is 1. The second kappa shape index (κ2) is 16.6. The number of nitrogens with one attached hydrogen (secondary N) is 2. The predicted octanol–water partition coefficient (Wildman–Crippen LogP) is -0.655. The summed E-state index contributed by atoms with van der Waals surface area (Å²) >= 11 is 1.91. The maximum absolute atomic E-state index is 11.6. The van der Waals surface area contributed by atoms with Crippen molar-refractivity contribution in [2.75, 3.05) is 42.5 Å². The summed E-state index contributed by atoms with van der Waals surface area (Å²) in [5.74, 6) is -7.34. The highest BCUT2D eigenvalue weighted by Crippen LogP contribution is 2.16. The molecule has 0 aromatic heterocycles. The van der Waals surface area contributed by atoms with Crippen LogP contribution in [-0.2, 0) is 35.2 Å². The molecule has 7 N–H and O–H groups in total. The summed E-state index contributed by atoms with van der Waals surface area (Å²) in [7, 11) is 0. The van der Waals surface area contributed by atoms with E-state index in [1.807, 2.05) is 22.6 Å². The first-order chi connectivity index (χ1) is 18.2. The maximum Gasteiger partial charge on any atom is 0.332 e. The topological polar surface area (TPSA) is 234 Å². The fraction of sp³-hybridized carbons (Fsp3) is 0.478. The Hall–Kier alpha value is -3.35. The highest BCUT2D eigenvalue weighted by atomic mass is 127. The lowest BCUT2D eigenvalue weighted by atomic mass is 10.0. The Morgan fingerprint density at radius 2 is 1.33 bits per heavy atom. The van der Waals surface area contributed by atoms with Crippen LogP contribution >= 0.6 is 22.6 Å². The molecular weight excluding hydrogens is 635 g/mol. The zero-order valence-corrected chi connectivity index (χ0v) is 23.1. The summed E-state index contributed by atoms with van der Waals surface area (Å²) in [5.41, 5.74) is 1.16. The van der Waals surface area contributed by atoms with Gasteiger partial charge in [0.2, 0.25) is 11.9 Å². The molecule has 0 aliphatic carbocycles. The smallest absolute Gasteiger partial charge is 0.332 e. The maximum atomic E-state index is 11.6. The van der Waals surface area contributed by atoms with Gasteiger partial charge in [0.15, 0.2) is 0 Å². The molecule has 1 aromatic carbocycles. The Bertz CT molecular complexity index is 1010. The molecule has 216 valence electrons. The zero-order valence-electron chi connectivity index (χ0n) is 20.9. The van der Waals surface area contributed by atoms with Gasteiger partial charge < -0.3 is 30.8 Å². The van der Waals surface area contributed by atoms with Crippen LogP contribution in [-0.4, -0.2) is 126 Å². The molecule has 0 heterocycles. The molecule has 1 rings (SSSR count). The Morgan fingerprint density at radius 1 is 0.821 bits per heavy atom. The van der Waals surface area contributed by atoms with Crippen molar-refractivity contribution in [2.45, 2.75) is 31.5 Å². The van der Waals surface area contributed by atoms with E-state index >= 15 is 0 Å². The molecule has 1 amide bonds. The Morgan fingerprint density at radius 3 is 1.77 bits per heavy atom. The zero-order chi connectivity index (χ0) is 29.7. The molecule has 0 aliphatic heterocycles. The third kappa shape index (κ3) is 13.3. The third-order valence-electron chi connectivity index (χ3n) is 5.33. The van der Waals surface area contributed by atoms with E-state index in [-0.39, 0.29) is 29.8 Å². The van der Waals surface area contributed by atoms with Crippen LogP contribution in [0.1, 0.15) is 12.5 Å². The van der Waals surface area contributed by atoms with E-state index in [1.54, 1.807) is 24.3 Å². The molecule has 15 nitrogen and oxygen atoms in total. The van der Waals surface area contributed by atoms with Crippen molar-refractivity contribution in [3.63, 3.8) is 0 Å². The average Bonchev–Trinajstić information content (AvgIpc) is 2.81. The van der Waals surface area contributed by atoms with E-state index in [1.165, 1.54) is 16.7 Å². The molecule has 0 unspecified atom stereocenters. The van der Waals surface area contributed by atoms with Gasteiger partial charge >= 0.3 is 29.8 Å². The Balaban J connectivity index is 3.26. The molecule has 0 saturated heterocycles. The molecule has 39 heavy (non-hydrogen) atoms. The van der Waals surface area contributed by atoms with E-state index in [2.05, 4.69) is 10.6 Å². The number of carboxylic acid groups (broad SMARTS) is 5. The highest BCUT2D eigenvalue weighted by molar-refractivity contribution is 14.1. The number of carboxylic acids is 5. The molecule has 0 spiro atoms. The summed E-state index contributed by atoms with van der Waals surface area (Å²) in [6, 6.07) is 2.97. The fourth-order valence-corrected chi connectivity index (χ4v) is 4.02. The molecule has 0 bridgehead atoms. The van der Waals surface area contributed by atoms with Crippen molar-refractivity contribution in [3.05, 3.63) is 29.8 Å². The number of anilines is 1. The van der Waals surface area contributed by atoms with Gasteiger partial charge in [-0.3, -0.25) is 34.3 Å². The lowest BCUT2D eigenvalue weighted by molar-refractivity contribution is -0.152. The van der Waals surface area contributed by atoms with Crippen LogP contribution in [0.3, 0.4) is 0 Å². The van der Waals surface area contributed by atoms with E-state index in [4.69, 9.17) is 10.2 Å². The van der Waals surface area contributed by atoms with E-state index in [0.717, 1.165) is 0 Å². The van der Waals surface area contributed by atoms with Crippen molar-refractivity contribution < 1.29 is 54.3 Å². The van der Waals surface area contributed by atoms with Crippen LogP contribution in [0.15, 0.2) is 24.3 Å². The number of rotatable bonds is 19. The van der Waals surface area contributed by atoms with Gasteiger partial charge in [0, 0.05) is 30.9 Å². The van der Waals surface area contributed by atoms with Gasteiger partial charge in [-0.05, 0) is 31.0 Å². The van der Waals surface area contributed by atoms with Crippen molar-refractivity contribution >= 4 is 64.0 Å². The van der Waals surface area contributed by atoms with Crippen molar-refractivity contribution in [3.8, 4) is 0 Å². The molecule has 2 atom stereocenters. The Kier molecular flexibility index (Phi) is 14.3. The fourth-order valence-electron chi connectivity index (χ4n) is 3.83. The normalized spacial score (nSPS) is 12.7. The van der Waals surface area contributed by atoms with Crippen molar-refractivity contribution in [1.29, 1.82) is 0 Å². The molecule has 0 radical (unpaired) electrons. The molecule has 0 fully saturated rings. The number of nitrogens with zero attached hydrogens (tertiary/aromatic N) is 2. The second-order valence-electron chi connectivity index (χ2n) is 8.69. The summed E-state index contributed by atoms with van der Waals surface area (Å²) in [6.07, 6.45) is 0.103. The van der Waals surface area contributed by atoms with Gasteiger partial charge in [-0.2, -0.15) is 0 Å². The van der Waals surface area contributed by atoms with Gasteiger partial charge in [-0.1, -0.05) is 34.7 Å². The van der Waals surface area contributed by atoms with Crippen LogP contribution in [0, 0.1) is 0 Å². The lowest BCUT2D eigenvalue weighted by Crippen LogP contribution is -2.54. The average molecular weight is 666 g/mol. The SMILES string of the molecule is C[C@@H](CN(CC(=O)O)C[C@H](Cc1ccc(NC(=O)CI)cc1)N(CC(=O)O)CC(=O)O)NC(C(=O)O)C(=O)O. The first-order valence-electron chi connectivity index (χ1n) is 11.5. The van der Waals surface area contributed by atoms with Crippen LogP contribution in [0.25, 0.3) is 0 Å². The minimum atomic E-state index is -1.94. The first kappa shape index (κ1) is 33.7. The van der Waals surface area contributed by atoms with Crippen LogP contribution in [0.2, 0.25) is 0 Å². The monoisotopic (exact) mass is 666 g/mol. The molecule has 1 aromatic rings. The lowest BCUT2D eigenvalue weighted by Gasteiger charge is -2.35. The minimum absolute atomic E-state index is 0.103. The van der Waals surface area contributed by atoms with E-state index in [0.29, 0.717) is 11.3 Å². The number of alkyl halides is 1. The third-order valence-corrected chi connectivity index (χ3v) is 6.02. The van der Waals surface area contributed by atoms with Crippen LogP contribution in [0.5, 0.6) is 0 Å². The summed E-state index contributed by atoms with van der Waals surface area (Å²) in [4.78, 5) is 71.2. The van der Waals surface area contributed by atoms with Crippen molar-refractivity contribution in [1.82, 2.24) is 15.1 Å². The molecule has 0 aliphatic rings. The predicted molar refractivity (Wildman–Crippen MR) is 144 cm³/mol. The number of carbonyl (C=O) groups is 6. The molecule has 0 saturated carbocycles. The summed E-state index contributed by atoms with van der Waals surface area (Å²) < 4.78 is 0.243. The first-order valence-corrected chi connectivity index (χ1v) is 13.0. The number of benzene rings is 1. The van der Waals surface area contributed by atoms with Crippen molar-refractivity contribution in [2.24, 2.45) is 0 Å². The minimum Gasteiger partial charge on any atom is -0.480 e. The van der Waals surface area contributed by atoms with Gasteiger partial charge in [-0.15, -0.1) is 0 Å².